The third kappa shape index (κ3) is 4.20. The normalized spacial score (nSPS) is 15.4. The van der Waals surface area contributed by atoms with Crippen LogP contribution in [0.1, 0.15) is 0 Å². The molecule has 0 N–H and O–H groups in total. The summed E-state index contributed by atoms with van der Waals surface area (Å²) in [7, 11) is -3.72. The Morgan fingerprint density at radius 1 is 0.862 bits per heavy atom. The van der Waals surface area contributed by atoms with Crippen molar-refractivity contribution in [3.8, 4) is 11.3 Å². The third-order valence-electron chi connectivity index (χ3n) is 4.70. The zero-order chi connectivity index (χ0) is 20.4. The van der Waals surface area contributed by atoms with E-state index in [1.807, 2.05) is 29.2 Å². The minimum Gasteiger partial charge on any atom is -0.352 e. The molecule has 0 aliphatic carbocycles. The molecule has 0 unspecified atom stereocenters. The van der Waals surface area contributed by atoms with Gasteiger partial charge >= 0.3 is 0 Å². The van der Waals surface area contributed by atoms with Gasteiger partial charge in [0, 0.05) is 49.2 Å². The average molecular weight is 450 g/mol. The highest BCUT2D eigenvalue weighted by molar-refractivity contribution is 7.89. The minimum atomic E-state index is -3.72. The van der Waals surface area contributed by atoms with Crippen LogP contribution in [0.25, 0.3) is 11.3 Å². The van der Waals surface area contributed by atoms with Gasteiger partial charge < -0.3 is 4.90 Å². The average Bonchev–Trinajstić information content (AvgIpc) is 2.76. The zero-order valence-corrected chi connectivity index (χ0v) is 17.6. The van der Waals surface area contributed by atoms with Gasteiger partial charge in [-0.15, -0.1) is 10.2 Å². The summed E-state index contributed by atoms with van der Waals surface area (Å²) in [6, 6.07) is 12.0. The van der Waals surface area contributed by atoms with Gasteiger partial charge in [-0.25, -0.2) is 8.42 Å². The van der Waals surface area contributed by atoms with Gasteiger partial charge in [-0.3, -0.25) is 4.98 Å². The third-order valence-corrected chi connectivity index (χ3v) is 7.32. The molecule has 4 rings (SSSR count). The fourth-order valence-electron chi connectivity index (χ4n) is 3.14. The molecule has 0 amide bonds. The number of piperazine rings is 1. The van der Waals surface area contributed by atoms with Gasteiger partial charge in [-0.2, -0.15) is 4.31 Å². The quantitative estimate of drug-likeness (QED) is 0.607. The van der Waals surface area contributed by atoms with E-state index in [4.69, 9.17) is 23.2 Å². The number of benzene rings is 1. The molecule has 150 valence electrons. The first-order chi connectivity index (χ1) is 13.9. The zero-order valence-electron chi connectivity index (χ0n) is 15.2. The summed E-state index contributed by atoms with van der Waals surface area (Å²) in [4.78, 5) is 6.03. The van der Waals surface area contributed by atoms with Crippen LogP contribution >= 0.6 is 23.2 Å². The Hall–Kier alpha value is -2.26. The number of rotatable bonds is 4. The molecule has 0 spiro atoms. The molecule has 3 heterocycles. The first-order valence-electron chi connectivity index (χ1n) is 8.89. The van der Waals surface area contributed by atoms with Crippen LogP contribution in [0, 0.1) is 0 Å². The van der Waals surface area contributed by atoms with E-state index in [2.05, 4.69) is 15.2 Å². The Balaban J connectivity index is 1.46. The van der Waals surface area contributed by atoms with Crippen molar-refractivity contribution < 1.29 is 8.42 Å². The van der Waals surface area contributed by atoms with Crippen molar-refractivity contribution in [2.24, 2.45) is 0 Å². The van der Waals surface area contributed by atoms with Crippen molar-refractivity contribution in [3.63, 3.8) is 0 Å². The van der Waals surface area contributed by atoms with Crippen molar-refractivity contribution in [2.75, 3.05) is 31.1 Å². The Morgan fingerprint density at radius 2 is 1.59 bits per heavy atom. The molecule has 1 fully saturated rings. The molecule has 0 saturated carbocycles. The highest BCUT2D eigenvalue weighted by atomic mass is 35.5. The number of hydrogen-bond donors (Lipinski definition) is 0. The lowest BCUT2D eigenvalue weighted by atomic mass is 10.2. The molecule has 1 aliphatic rings. The summed E-state index contributed by atoms with van der Waals surface area (Å²) in [5, 5.41) is 9.07. The maximum Gasteiger partial charge on any atom is 0.244 e. The van der Waals surface area contributed by atoms with Crippen LogP contribution in [0.4, 0.5) is 5.82 Å². The summed E-state index contributed by atoms with van der Waals surface area (Å²) in [5.41, 5.74) is 1.70. The van der Waals surface area contributed by atoms with Gasteiger partial charge in [0.05, 0.1) is 10.7 Å². The number of hydrogen-bond acceptors (Lipinski definition) is 6. The topological polar surface area (TPSA) is 79.3 Å². The van der Waals surface area contributed by atoms with Crippen molar-refractivity contribution in [1.82, 2.24) is 19.5 Å². The van der Waals surface area contributed by atoms with Crippen LogP contribution < -0.4 is 4.90 Å². The summed E-state index contributed by atoms with van der Waals surface area (Å²) in [6.07, 6.45) is 3.41. The van der Waals surface area contributed by atoms with E-state index in [0.29, 0.717) is 37.0 Å². The first kappa shape index (κ1) is 20.0. The molecule has 7 nitrogen and oxygen atoms in total. The van der Waals surface area contributed by atoms with Gasteiger partial charge in [0.25, 0.3) is 0 Å². The van der Waals surface area contributed by atoms with E-state index in [0.717, 1.165) is 11.3 Å². The van der Waals surface area contributed by atoms with Gasteiger partial charge in [-0.1, -0.05) is 23.2 Å². The molecule has 1 saturated heterocycles. The molecule has 0 bridgehead atoms. The van der Waals surface area contributed by atoms with Gasteiger partial charge in [0.15, 0.2) is 5.82 Å². The molecule has 1 aromatic carbocycles. The number of aromatic nitrogens is 3. The van der Waals surface area contributed by atoms with E-state index in [1.165, 1.54) is 16.4 Å². The molecular weight excluding hydrogens is 433 g/mol. The SMILES string of the molecule is O=S(=O)(c1cc(Cl)ccc1Cl)N1CCN(c2ccc(-c3ccncc3)nn2)CC1. The van der Waals surface area contributed by atoms with Crippen molar-refractivity contribution in [1.29, 1.82) is 0 Å². The largest absolute Gasteiger partial charge is 0.352 e. The lowest BCUT2D eigenvalue weighted by molar-refractivity contribution is 0.383. The lowest BCUT2D eigenvalue weighted by Gasteiger charge is -2.34. The maximum absolute atomic E-state index is 12.9. The molecule has 29 heavy (non-hydrogen) atoms. The van der Waals surface area contributed by atoms with Gasteiger partial charge in [0.1, 0.15) is 4.90 Å². The van der Waals surface area contributed by atoms with E-state index in [-0.39, 0.29) is 9.92 Å². The minimum absolute atomic E-state index is 0.0293. The molecular formula is C19H17Cl2N5O2S. The predicted molar refractivity (Wildman–Crippen MR) is 113 cm³/mol. The molecule has 10 heteroatoms. The molecule has 3 aromatic rings. The molecule has 2 aromatic heterocycles. The highest BCUT2D eigenvalue weighted by Gasteiger charge is 2.30. The summed E-state index contributed by atoms with van der Waals surface area (Å²) in [5.74, 6) is 0.709. The second kappa shape index (κ2) is 8.23. The summed E-state index contributed by atoms with van der Waals surface area (Å²) < 4.78 is 27.3. The second-order valence-electron chi connectivity index (χ2n) is 6.48. The standard InChI is InChI=1S/C19H17Cl2N5O2S/c20-15-1-2-16(21)18(13-15)29(27,28)26-11-9-25(10-12-26)19-4-3-17(23-24-19)14-5-7-22-8-6-14/h1-8,13H,9-12H2. The smallest absolute Gasteiger partial charge is 0.244 e. The van der Waals surface area contributed by atoms with Crippen LogP contribution in [0.2, 0.25) is 10.0 Å². The Bertz CT molecular complexity index is 1100. The molecule has 1 aliphatic heterocycles. The Kier molecular flexibility index (Phi) is 5.69. The number of nitrogens with zero attached hydrogens (tertiary/aromatic N) is 5. The fraction of sp³-hybridized carbons (Fsp3) is 0.211. The Morgan fingerprint density at radius 3 is 2.24 bits per heavy atom. The van der Waals surface area contributed by atoms with Crippen LogP contribution in [0.15, 0.2) is 59.8 Å². The van der Waals surface area contributed by atoms with Crippen LogP contribution in [-0.2, 0) is 10.0 Å². The first-order valence-corrected chi connectivity index (χ1v) is 11.1. The highest BCUT2D eigenvalue weighted by Crippen LogP contribution is 2.28. The van der Waals surface area contributed by atoms with Crippen LogP contribution in [0.5, 0.6) is 0 Å². The monoisotopic (exact) mass is 449 g/mol. The van der Waals surface area contributed by atoms with E-state index in [1.54, 1.807) is 18.5 Å². The van der Waals surface area contributed by atoms with Crippen LogP contribution in [-0.4, -0.2) is 54.1 Å². The van der Waals surface area contributed by atoms with E-state index >= 15 is 0 Å². The fourth-order valence-corrected chi connectivity index (χ4v) is 5.30. The lowest BCUT2D eigenvalue weighted by Crippen LogP contribution is -2.49. The van der Waals surface area contributed by atoms with Crippen molar-refractivity contribution in [2.45, 2.75) is 4.90 Å². The summed E-state index contributed by atoms with van der Waals surface area (Å²) in [6.45, 7) is 1.64. The molecule has 0 radical (unpaired) electrons. The molecule has 0 atom stereocenters. The number of anilines is 1. The predicted octanol–water partition coefficient (Wildman–Crippen LogP) is 3.36. The van der Waals surface area contributed by atoms with Crippen molar-refractivity contribution in [3.05, 3.63) is 64.9 Å². The second-order valence-corrected chi connectivity index (χ2v) is 9.23. The number of sulfonamides is 1. The maximum atomic E-state index is 12.9. The summed E-state index contributed by atoms with van der Waals surface area (Å²) >= 11 is 12.0. The Labute approximate surface area is 179 Å². The van der Waals surface area contributed by atoms with E-state index < -0.39 is 10.0 Å². The number of pyridine rings is 1. The number of halogens is 2. The van der Waals surface area contributed by atoms with Crippen molar-refractivity contribution >= 4 is 39.0 Å². The van der Waals surface area contributed by atoms with Gasteiger partial charge in [0.2, 0.25) is 10.0 Å². The van der Waals surface area contributed by atoms with E-state index in [9.17, 15) is 8.42 Å². The van der Waals surface area contributed by atoms with Crippen LogP contribution in [0.3, 0.4) is 0 Å². The van der Waals surface area contributed by atoms with Gasteiger partial charge in [-0.05, 0) is 42.5 Å².